The molecule has 72 valence electrons. The zero-order valence-electron chi connectivity index (χ0n) is 7.97. The number of hydrogen-bond donors (Lipinski definition) is 0. The zero-order chi connectivity index (χ0) is 9.71. The van der Waals surface area contributed by atoms with E-state index in [1.54, 1.807) is 24.3 Å². The third-order valence-corrected chi connectivity index (χ3v) is 3.11. The minimum absolute atomic E-state index is 0.164. The summed E-state index contributed by atoms with van der Waals surface area (Å²) < 4.78 is 0. The summed E-state index contributed by atoms with van der Waals surface area (Å²) in [5, 5.41) is 0. The molecule has 2 atom stereocenters. The molecular weight excluding hydrogens is 178 g/mol. The van der Waals surface area contributed by atoms with E-state index >= 15 is 0 Å². The van der Waals surface area contributed by atoms with Gasteiger partial charge in [-0.3, -0.25) is 14.7 Å². The second-order valence-corrected chi connectivity index (χ2v) is 4.02. The molecule has 0 spiro atoms. The quantitative estimate of drug-likeness (QED) is 0.610. The first-order valence-corrected chi connectivity index (χ1v) is 4.85. The van der Waals surface area contributed by atoms with Gasteiger partial charge in [0.15, 0.2) is 5.82 Å². The Bertz CT molecular complexity index is 404. The molecule has 2 heterocycles. The molecule has 0 aromatic carbocycles. The van der Waals surface area contributed by atoms with Crippen LogP contribution in [0.15, 0.2) is 12.4 Å². The third-order valence-electron chi connectivity index (χ3n) is 3.11. The number of rotatable bonds is 0. The Morgan fingerprint density at radius 1 is 1.43 bits per heavy atom. The van der Waals surface area contributed by atoms with E-state index in [0.29, 0.717) is 18.3 Å². The Balaban J connectivity index is 2.15. The molecule has 4 heteroatoms. The number of carbonyl (C=O) groups excluding carboxylic acids is 1. The summed E-state index contributed by atoms with van der Waals surface area (Å²) in [5.41, 5.74) is 1.01. The number of nitrogens with zero attached hydrogens (tertiary/aromatic N) is 3. The van der Waals surface area contributed by atoms with Gasteiger partial charge in [0, 0.05) is 31.8 Å². The molecular formula is C10H11N3O. The first-order valence-electron chi connectivity index (χ1n) is 4.85. The van der Waals surface area contributed by atoms with Crippen LogP contribution in [0.2, 0.25) is 0 Å². The van der Waals surface area contributed by atoms with Crippen LogP contribution in [0.3, 0.4) is 0 Å². The van der Waals surface area contributed by atoms with Crippen LogP contribution in [0, 0.1) is 5.92 Å². The van der Waals surface area contributed by atoms with Gasteiger partial charge in [-0.15, -0.1) is 0 Å². The molecule has 4 nitrogen and oxygen atoms in total. The van der Waals surface area contributed by atoms with Crippen molar-refractivity contribution in [2.45, 2.75) is 18.8 Å². The molecule has 0 bridgehead atoms. The van der Waals surface area contributed by atoms with E-state index in [1.165, 1.54) is 0 Å². The lowest BCUT2D eigenvalue weighted by atomic mass is 10.2. The van der Waals surface area contributed by atoms with Gasteiger partial charge in [-0.1, -0.05) is 0 Å². The average Bonchev–Trinajstić information content (AvgIpc) is 2.95. The first kappa shape index (κ1) is 7.91. The van der Waals surface area contributed by atoms with Gasteiger partial charge in [0.25, 0.3) is 0 Å². The fraction of sp³-hybridized carbons (Fsp3) is 0.500. The Hall–Kier alpha value is -1.45. The SMILES string of the molecule is CN1C(=O)CC2CC2c2nccnc21. The highest BCUT2D eigenvalue weighted by Crippen LogP contribution is 2.52. The van der Waals surface area contributed by atoms with E-state index < -0.39 is 0 Å². The third kappa shape index (κ3) is 0.967. The van der Waals surface area contributed by atoms with Crippen molar-refractivity contribution in [1.29, 1.82) is 0 Å². The maximum absolute atomic E-state index is 11.7. The van der Waals surface area contributed by atoms with Gasteiger partial charge in [0.05, 0.1) is 5.69 Å². The molecule has 1 saturated carbocycles. The summed E-state index contributed by atoms with van der Waals surface area (Å²) >= 11 is 0. The molecule has 1 fully saturated rings. The highest BCUT2D eigenvalue weighted by atomic mass is 16.2. The lowest BCUT2D eigenvalue weighted by Crippen LogP contribution is -2.27. The van der Waals surface area contributed by atoms with E-state index in [1.807, 2.05) is 0 Å². The number of hydrogen-bond acceptors (Lipinski definition) is 3. The molecule has 2 unspecified atom stereocenters. The molecule has 1 aliphatic carbocycles. The monoisotopic (exact) mass is 189 g/mol. The summed E-state index contributed by atoms with van der Waals surface area (Å²) in [6.07, 6.45) is 5.10. The number of amides is 1. The highest BCUT2D eigenvalue weighted by molar-refractivity contribution is 5.94. The fourth-order valence-corrected chi connectivity index (χ4v) is 2.15. The minimum atomic E-state index is 0.164. The Morgan fingerprint density at radius 2 is 2.21 bits per heavy atom. The minimum Gasteiger partial charge on any atom is -0.298 e. The van der Waals surface area contributed by atoms with E-state index in [0.717, 1.165) is 17.9 Å². The van der Waals surface area contributed by atoms with Gasteiger partial charge >= 0.3 is 0 Å². The van der Waals surface area contributed by atoms with Gasteiger partial charge in [-0.05, 0) is 12.3 Å². The van der Waals surface area contributed by atoms with Crippen molar-refractivity contribution < 1.29 is 4.79 Å². The highest BCUT2D eigenvalue weighted by Gasteiger charge is 2.46. The molecule has 0 saturated heterocycles. The molecule has 0 radical (unpaired) electrons. The predicted octanol–water partition coefficient (Wildman–Crippen LogP) is 0.947. The van der Waals surface area contributed by atoms with Crippen molar-refractivity contribution in [1.82, 2.24) is 9.97 Å². The molecule has 0 N–H and O–H groups in total. The van der Waals surface area contributed by atoms with E-state index in [-0.39, 0.29) is 5.91 Å². The normalized spacial score (nSPS) is 29.2. The Morgan fingerprint density at radius 3 is 3.07 bits per heavy atom. The van der Waals surface area contributed by atoms with Gasteiger partial charge in [-0.2, -0.15) is 0 Å². The predicted molar refractivity (Wildman–Crippen MR) is 50.9 cm³/mol. The lowest BCUT2D eigenvalue weighted by molar-refractivity contribution is -0.118. The van der Waals surface area contributed by atoms with Crippen molar-refractivity contribution in [3.05, 3.63) is 18.1 Å². The topological polar surface area (TPSA) is 46.1 Å². The van der Waals surface area contributed by atoms with Crippen molar-refractivity contribution >= 4 is 11.7 Å². The van der Waals surface area contributed by atoms with Crippen LogP contribution in [0.5, 0.6) is 0 Å². The fourth-order valence-electron chi connectivity index (χ4n) is 2.15. The van der Waals surface area contributed by atoms with Gasteiger partial charge in [-0.25, -0.2) is 4.98 Å². The largest absolute Gasteiger partial charge is 0.298 e. The maximum atomic E-state index is 11.7. The molecule has 1 amide bonds. The first-order chi connectivity index (χ1) is 6.77. The standard InChI is InChI=1S/C10H11N3O/c1-13-8(14)5-6-4-7(6)9-10(13)12-3-2-11-9/h2-3,6-7H,4-5H2,1H3. The second kappa shape index (κ2) is 2.53. The molecule has 1 aromatic rings. The molecule has 14 heavy (non-hydrogen) atoms. The lowest BCUT2D eigenvalue weighted by Gasteiger charge is -2.15. The summed E-state index contributed by atoms with van der Waals surface area (Å²) in [4.78, 5) is 21.9. The maximum Gasteiger partial charge on any atom is 0.228 e. The van der Waals surface area contributed by atoms with Crippen LogP contribution in [0.25, 0.3) is 0 Å². The molecule has 2 aliphatic rings. The van der Waals surface area contributed by atoms with E-state index in [2.05, 4.69) is 9.97 Å². The molecule has 1 aromatic heterocycles. The van der Waals surface area contributed by atoms with E-state index in [4.69, 9.17) is 0 Å². The number of carbonyl (C=O) groups is 1. The molecule has 1 aliphatic heterocycles. The summed E-state index contributed by atoms with van der Waals surface area (Å²) in [6.45, 7) is 0. The Kier molecular flexibility index (Phi) is 1.43. The number of anilines is 1. The smallest absolute Gasteiger partial charge is 0.228 e. The van der Waals surface area contributed by atoms with Crippen LogP contribution < -0.4 is 4.90 Å². The van der Waals surface area contributed by atoms with Gasteiger partial charge in [0.2, 0.25) is 5.91 Å². The van der Waals surface area contributed by atoms with Crippen molar-refractivity contribution in [2.75, 3.05) is 11.9 Å². The van der Waals surface area contributed by atoms with Crippen LogP contribution in [0.4, 0.5) is 5.82 Å². The number of fused-ring (bicyclic) bond motifs is 3. The number of aromatic nitrogens is 2. The van der Waals surface area contributed by atoms with Crippen LogP contribution in [-0.4, -0.2) is 22.9 Å². The summed E-state index contributed by atoms with van der Waals surface area (Å²) in [5.74, 6) is 1.91. The zero-order valence-corrected chi connectivity index (χ0v) is 7.97. The van der Waals surface area contributed by atoms with Crippen molar-refractivity contribution in [2.24, 2.45) is 5.92 Å². The van der Waals surface area contributed by atoms with Crippen LogP contribution in [0.1, 0.15) is 24.5 Å². The second-order valence-electron chi connectivity index (χ2n) is 4.02. The summed E-state index contributed by atoms with van der Waals surface area (Å²) in [6, 6.07) is 0. The Labute approximate surface area is 82.0 Å². The summed E-state index contributed by atoms with van der Waals surface area (Å²) in [7, 11) is 1.78. The van der Waals surface area contributed by atoms with Crippen molar-refractivity contribution in [3.63, 3.8) is 0 Å². The molecule has 3 rings (SSSR count). The van der Waals surface area contributed by atoms with Crippen LogP contribution in [-0.2, 0) is 4.79 Å². The van der Waals surface area contributed by atoms with Crippen LogP contribution >= 0.6 is 0 Å². The van der Waals surface area contributed by atoms with Gasteiger partial charge < -0.3 is 0 Å². The van der Waals surface area contributed by atoms with Gasteiger partial charge in [0.1, 0.15) is 0 Å². The van der Waals surface area contributed by atoms with Crippen molar-refractivity contribution in [3.8, 4) is 0 Å². The van der Waals surface area contributed by atoms with E-state index in [9.17, 15) is 4.79 Å². The average molecular weight is 189 g/mol.